The summed E-state index contributed by atoms with van der Waals surface area (Å²) in [4.78, 5) is 4.95. The molecule has 0 radical (unpaired) electrons. The number of hydrogen-bond donors (Lipinski definition) is 0. The van der Waals surface area contributed by atoms with E-state index in [4.69, 9.17) is 9.73 Å². The van der Waals surface area contributed by atoms with Crippen LogP contribution in [0.2, 0.25) is 0 Å². The Hall–Kier alpha value is -2.09. The molecular weight excluding hydrogens is 318 g/mol. The molecule has 0 unspecified atom stereocenters. The number of nitrogens with zero attached hydrogens (tertiary/aromatic N) is 1. The Morgan fingerprint density at radius 3 is 1.88 bits per heavy atom. The van der Waals surface area contributed by atoms with Crippen LogP contribution in [-0.2, 0) is 5.41 Å². The van der Waals surface area contributed by atoms with E-state index < -0.39 is 0 Å². The van der Waals surface area contributed by atoms with Gasteiger partial charge in [-0.15, -0.1) is 0 Å². The van der Waals surface area contributed by atoms with Gasteiger partial charge in [-0.1, -0.05) is 78.8 Å². The minimum absolute atomic E-state index is 0.0220. The highest BCUT2D eigenvalue weighted by Gasteiger charge is 2.20. The first kappa shape index (κ1) is 20.2. The van der Waals surface area contributed by atoms with Crippen LogP contribution in [0.3, 0.4) is 0 Å². The van der Waals surface area contributed by atoms with Crippen molar-refractivity contribution in [3.8, 4) is 5.75 Å². The molecule has 140 valence electrons. The Balaban J connectivity index is 2.58. The summed E-state index contributed by atoms with van der Waals surface area (Å²) in [5, 5.41) is 0. The average molecular weight is 352 g/mol. The van der Waals surface area contributed by atoms with Crippen molar-refractivity contribution in [2.45, 2.75) is 65.7 Å². The zero-order valence-corrected chi connectivity index (χ0v) is 17.6. The molecule has 2 nitrogen and oxygen atoms in total. The zero-order chi connectivity index (χ0) is 19.5. The van der Waals surface area contributed by atoms with Crippen molar-refractivity contribution in [2.75, 3.05) is 7.11 Å². The van der Waals surface area contributed by atoms with E-state index in [2.05, 4.69) is 84.9 Å². The van der Waals surface area contributed by atoms with Crippen LogP contribution in [0.5, 0.6) is 5.75 Å². The van der Waals surface area contributed by atoms with Gasteiger partial charge in [0, 0.05) is 17.3 Å². The number of aliphatic imine (C=N–C) groups is 1. The predicted octanol–water partition coefficient (Wildman–Crippen LogP) is 6.99. The fourth-order valence-electron chi connectivity index (χ4n) is 3.27. The topological polar surface area (TPSA) is 21.6 Å². The normalized spacial score (nSPS) is 12.4. The Labute approximate surface area is 159 Å². The fraction of sp³-hybridized carbons (Fsp3) is 0.458. The second-order valence-corrected chi connectivity index (χ2v) is 8.53. The lowest BCUT2D eigenvalue weighted by atomic mass is 9.85. The highest BCUT2D eigenvalue weighted by Crippen LogP contribution is 2.36. The molecule has 0 atom stereocenters. The number of ether oxygens (including phenoxy) is 1. The van der Waals surface area contributed by atoms with E-state index in [-0.39, 0.29) is 5.41 Å². The molecule has 0 fully saturated rings. The van der Waals surface area contributed by atoms with Crippen molar-refractivity contribution in [3.63, 3.8) is 0 Å². The lowest BCUT2D eigenvalue weighted by Gasteiger charge is -2.23. The van der Waals surface area contributed by atoms with Gasteiger partial charge < -0.3 is 4.74 Å². The molecule has 0 aromatic heterocycles. The van der Waals surface area contributed by atoms with Gasteiger partial charge in [0.15, 0.2) is 0 Å². The van der Waals surface area contributed by atoms with Gasteiger partial charge in [0.1, 0.15) is 5.75 Å². The summed E-state index contributed by atoms with van der Waals surface area (Å²) in [6, 6.07) is 12.8. The molecule has 0 amide bonds. The lowest BCUT2D eigenvalue weighted by molar-refractivity contribution is 0.397. The molecule has 2 rings (SSSR count). The van der Waals surface area contributed by atoms with E-state index in [9.17, 15) is 0 Å². The standard InChI is InChI=1S/C24H33NO/c1-16(2)19-12-10-13-20(17(3)4)22(19)25-15-18-11-9-14-21(23(18)26-8)24(5,6)7/h9-17H,1-8H3. The molecule has 0 aliphatic carbocycles. The Morgan fingerprint density at radius 1 is 0.885 bits per heavy atom. The predicted molar refractivity (Wildman–Crippen MR) is 114 cm³/mol. The van der Waals surface area contributed by atoms with Crippen LogP contribution in [0.1, 0.15) is 82.6 Å². The van der Waals surface area contributed by atoms with Crippen molar-refractivity contribution in [2.24, 2.45) is 4.99 Å². The van der Waals surface area contributed by atoms with E-state index in [0.717, 1.165) is 17.0 Å². The van der Waals surface area contributed by atoms with E-state index in [1.807, 2.05) is 6.21 Å². The Morgan fingerprint density at radius 2 is 1.42 bits per heavy atom. The molecule has 0 heterocycles. The first-order chi connectivity index (χ1) is 12.2. The highest BCUT2D eigenvalue weighted by atomic mass is 16.5. The maximum Gasteiger partial charge on any atom is 0.131 e. The van der Waals surface area contributed by atoms with Gasteiger partial charge in [-0.05, 0) is 34.4 Å². The SMILES string of the molecule is COc1c(C=Nc2c(C(C)C)cccc2C(C)C)cccc1C(C)(C)C. The second kappa shape index (κ2) is 8.07. The van der Waals surface area contributed by atoms with E-state index >= 15 is 0 Å². The minimum Gasteiger partial charge on any atom is -0.496 e. The van der Waals surface area contributed by atoms with Gasteiger partial charge in [0.05, 0.1) is 12.8 Å². The summed E-state index contributed by atoms with van der Waals surface area (Å²) in [5.41, 5.74) is 5.92. The smallest absolute Gasteiger partial charge is 0.131 e. The van der Waals surface area contributed by atoms with Gasteiger partial charge in [0.25, 0.3) is 0 Å². The summed E-state index contributed by atoms with van der Waals surface area (Å²) >= 11 is 0. The van der Waals surface area contributed by atoms with Crippen LogP contribution >= 0.6 is 0 Å². The molecule has 0 spiro atoms. The van der Waals surface area contributed by atoms with Gasteiger partial charge in [-0.3, -0.25) is 4.99 Å². The van der Waals surface area contributed by atoms with E-state index in [1.54, 1.807) is 7.11 Å². The van der Waals surface area contributed by atoms with Crippen molar-refractivity contribution in [3.05, 3.63) is 58.7 Å². The molecule has 26 heavy (non-hydrogen) atoms. The first-order valence-electron chi connectivity index (χ1n) is 9.51. The average Bonchev–Trinajstić information content (AvgIpc) is 2.58. The molecule has 2 heteroatoms. The minimum atomic E-state index is 0.0220. The third-order valence-electron chi connectivity index (χ3n) is 4.73. The molecule has 2 aromatic carbocycles. The first-order valence-corrected chi connectivity index (χ1v) is 9.51. The van der Waals surface area contributed by atoms with Gasteiger partial charge in [-0.2, -0.15) is 0 Å². The summed E-state index contributed by atoms with van der Waals surface area (Å²) in [6.07, 6.45) is 1.96. The maximum absolute atomic E-state index is 5.76. The van der Waals surface area contributed by atoms with Crippen molar-refractivity contribution >= 4 is 11.9 Å². The van der Waals surface area contributed by atoms with E-state index in [0.29, 0.717) is 11.8 Å². The summed E-state index contributed by atoms with van der Waals surface area (Å²) < 4.78 is 5.76. The number of hydrogen-bond acceptors (Lipinski definition) is 2. The molecule has 0 aliphatic heterocycles. The fourth-order valence-corrected chi connectivity index (χ4v) is 3.27. The van der Waals surface area contributed by atoms with Crippen LogP contribution in [0.4, 0.5) is 5.69 Å². The largest absolute Gasteiger partial charge is 0.496 e. The maximum atomic E-state index is 5.76. The quantitative estimate of drug-likeness (QED) is 0.532. The third-order valence-corrected chi connectivity index (χ3v) is 4.73. The van der Waals surface area contributed by atoms with Gasteiger partial charge in [0.2, 0.25) is 0 Å². The van der Waals surface area contributed by atoms with Crippen LogP contribution in [0.25, 0.3) is 0 Å². The van der Waals surface area contributed by atoms with Crippen molar-refractivity contribution in [1.29, 1.82) is 0 Å². The summed E-state index contributed by atoms with van der Waals surface area (Å²) in [7, 11) is 1.74. The van der Waals surface area contributed by atoms with Gasteiger partial charge in [-0.25, -0.2) is 0 Å². The summed E-state index contributed by atoms with van der Waals surface area (Å²) in [5.74, 6) is 1.78. The molecule has 0 aliphatic rings. The monoisotopic (exact) mass is 351 g/mol. The molecule has 0 saturated heterocycles. The number of methoxy groups -OCH3 is 1. The van der Waals surface area contributed by atoms with Gasteiger partial charge >= 0.3 is 0 Å². The molecular formula is C24H33NO. The van der Waals surface area contributed by atoms with E-state index in [1.165, 1.54) is 16.7 Å². The lowest BCUT2D eigenvalue weighted by Crippen LogP contribution is -2.13. The van der Waals surface area contributed by atoms with Crippen LogP contribution in [0.15, 0.2) is 41.4 Å². The van der Waals surface area contributed by atoms with Crippen LogP contribution in [-0.4, -0.2) is 13.3 Å². The van der Waals surface area contributed by atoms with Crippen molar-refractivity contribution < 1.29 is 4.74 Å². The zero-order valence-electron chi connectivity index (χ0n) is 17.6. The Kier molecular flexibility index (Phi) is 6.28. The van der Waals surface area contributed by atoms with Crippen molar-refractivity contribution in [1.82, 2.24) is 0 Å². The number of para-hydroxylation sites is 2. The number of benzene rings is 2. The molecule has 0 N–H and O–H groups in total. The number of rotatable bonds is 5. The Bertz CT molecular complexity index is 753. The highest BCUT2D eigenvalue weighted by molar-refractivity contribution is 5.87. The van der Waals surface area contributed by atoms with Crippen LogP contribution < -0.4 is 4.74 Å². The molecule has 2 aromatic rings. The molecule has 0 bridgehead atoms. The third kappa shape index (κ3) is 4.35. The molecule has 0 saturated carbocycles. The van der Waals surface area contributed by atoms with Crippen LogP contribution in [0, 0.1) is 0 Å². The summed E-state index contributed by atoms with van der Waals surface area (Å²) in [6.45, 7) is 15.5. The second-order valence-electron chi connectivity index (χ2n) is 8.53.